The number of ether oxygens (including phenoxy) is 2. The third-order valence-electron chi connectivity index (χ3n) is 8.00. The van der Waals surface area contributed by atoms with Crippen molar-refractivity contribution in [1.82, 2.24) is 20.3 Å². The summed E-state index contributed by atoms with van der Waals surface area (Å²) in [5.74, 6) is -1.94. The third-order valence-corrected chi connectivity index (χ3v) is 9.83. The SMILES string of the molecule is CC(C)CN(C[C@@H](O)C(Cc1ccccc1)NC(=O)[C@@H](NC(=O)CNCc1cc(F)cc(F)c1)C(C)(C)C)S(=O)(=O)c1ccc2c(c1)OCO2. The Labute approximate surface area is 292 Å². The molecule has 3 aromatic carbocycles. The summed E-state index contributed by atoms with van der Waals surface area (Å²) < 4.78 is 66.9. The Morgan fingerprint density at radius 1 is 0.900 bits per heavy atom. The van der Waals surface area contributed by atoms with E-state index in [-0.39, 0.29) is 50.2 Å². The summed E-state index contributed by atoms with van der Waals surface area (Å²) in [4.78, 5) is 26.8. The maximum absolute atomic E-state index is 13.9. The second kappa shape index (κ2) is 16.7. The minimum Gasteiger partial charge on any atom is -0.454 e. The first kappa shape index (κ1) is 38.7. The van der Waals surface area contributed by atoms with Crippen molar-refractivity contribution in [3.05, 3.63) is 89.5 Å². The van der Waals surface area contributed by atoms with Gasteiger partial charge in [0.05, 0.1) is 23.6 Å². The molecule has 0 aromatic heterocycles. The van der Waals surface area contributed by atoms with Crippen LogP contribution in [0.4, 0.5) is 8.78 Å². The van der Waals surface area contributed by atoms with E-state index in [4.69, 9.17) is 9.47 Å². The number of hydrogen-bond acceptors (Lipinski definition) is 8. The molecule has 3 aromatic rings. The van der Waals surface area contributed by atoms with E-state index >= 15 is 0 Å². The second-order valence-electron chi connectivity index (χ2n) is 13.9. The van der Waals surface area contributed by atoms with Crippen LogP contribution in [0.2, 0.25) is 0 Å². The quantitative estimate of drug-likeness (QED) is 0.176. The highest BCUT2D eigenvalue weighted by Gasteiger charge is 2.37. The van der Waals surface area contributed by atoms with E-state index in [1.54, 1.807) is 20.8 Å². The van der Waals surface area contributed by atoms with Crippen LogP contribution in [0.3, 0.4) is 0 Å². The van der Waals surface area contributed by atoms with Crippen LogP contribution in [0.25, 0.3) is 0 Å². The summed E-state index contributed by atoms with van der Waals surface area (Å²) in [5.41, 5.74) is 0.325. The van der Waals surface area contributed by atoms with E-state index < -0.39 is 57.1 Å². The average molecular weight is 717 g/mol. The molecule has 272 valence electrons. The molecule has 0 fully saturated rings. The minimum atomic E-state index is -4.12. The fourth-order valence-corrected chi connectivity index (χ4v) is 7.18. The van der Waals surface area contributed by atoms with Crippen LogP contribution >= 0.6 is 0 Å². The molecule has 1 aliphatic heterocycles. The van der Waals surface area contributed by atoms with Crippen molar-refractivity contribution < 1.29 is 41.4 Å². The number of sulfonamides is 1. The van der Waals surface area contributed by atoms with Gasteiger partial charge in [0.25, 0.3) is 0 Å². The number of rotatable bonds is 16. The van der Waals surface area contributed by atoms with Crippen molar-refractivity contribution in [3.8, 4) is 11.5 Å². The van der Waals surface area contributed by atoms with Crippen LogP contribution in [0.5, 0.6) is 11.5 Å². The smallest absolute Gasteiger partial charge is 0.243 e. The topological polar surface area (TPSA) is 146 Å². The molecule has 11 nitrogen and oxygen atoms in total. The molecular formula is C36H46F2N4O7S. The zero-order chi connectivity index (χ0) is 36.6. The molecule has 2 amide bonds. The first-order valence-electron chi connectivity index (χ1n) is 16.4. The molecule has 0 bridgehead atoms. The summed E-state index contributed by atoms with van der Waals surface area (Å²) in [6.45, 7) is 8.55. The van der Waals surface area contributed by atoms with E-state index in [1.165, 1.54) is 22.5 Å². The Morgan fingerprint density at radius 3 is 2.20 bits per heavy atom. The lowest BCUT2D eigenvalue weighted by atomic mass is 9.85. The summed E-state index contributed by atoms with van der Waals surface area (Å²) in [5, 5.41) is 20.1. The molecule has 1 aliphatic rings. The van der Waals surface area contributed by atoms with Crippen molar-refractivity contribution in [2.75, 3.05) is 26.4 Å². The first-order valence-corrected chi connectivity index (χ1v) is 17.8. The molecule has 0 radical (unpaired) electrons. The number of hydrogen-bond donors (Lipinski definition) is 4. The Kier molecular flexibility index (Phi) is 12.9. The molecule has 3 atom stereocenters. The largest absolute Gasteiger partial charge is 0.454 e. The molecule has 14 heteroatoms. The number of nitrogens with zero attached hydrogens (tertiary/aromatic N) is 1. The number of fused-ring (bicyclic) bond motifs is 1. The summed E-state index contributed by atoms with van der Waals surface area (Å²) >= 11 is 0. The van der Waals surface area contributed by atoms with E-state index in [0.717, 1.165) is 23.8 Å². The molecule has 0 saturated heterocycles. The normalized spacial score (nSPS) is 14.8. The standard InChI is InChI=1S/C36H46F2N4O7S/c1-23(2)20-42(50(46,47)28-11-12-31-32(17-28)49-22-48-31)21-30(43)29(15-24-9-7-6-8-10-24)40-35(45)34(36(3,4)5)41-33(44)19-39-18-25-13-26(37)16-27(38)14-25/h6-14,16-17,23,29-30,34,39,43H,15,18-22H2,1-5H3,(H,40,45)(H,41,44)/t29?,30-,34-/m1/s1. The van der Waals surface area contributed by atoms with Crippen molar-refractivity contribution in [2.24, 2.45) is 11.3 Å². The molecule has 0 aliphatic carbocycles. The van der Waals surface area contributed by atoms with Crippen LogP contribution < -0.4 is 25.4 Å². The maximum atomic E-state index is 13.9. The van der Waals surface area contributed by atoms with Crippen molar-refractivity contribution in [1.29, 1.82) is 0 Å². The number of aliphatic hydroxyl groups excluding tert-OH is 1. The van der Waals surface area contributed by atoms with Gasteiger partial charge in [0.1, 0.15) is 17.7 Å². The van der Waals surface area contributed by atoms with E-state index in [2.05, 4.69) is 16.0 Å². The summed E-state index contributed by atoms with van der Waals surface area (Å²) in [6.07, 6.45) is -1.18. The fourth-order valence-electron chi connectivity index (χ4n) is 5.54. The molecular weight excluding hydrogens is 670 g/mol. The molecule has 50 heavy (non-hydrogen) atoms. The number of carbonyl (C=O) groups excluding carboxylic acids is 2. The Bertz CT molecular complexity index is 1720. The number of aliphatic hydroxyl groups is 1. The van der Waals surface area contributed by atoms with Gasteiger partial charge in [-0.1, -0.05) is 65.0 Å². The number of carbonyl (C=O) groups is 2. The van der Waals surface area contributed by atoms with Crippen LogP contribution in [0, 0.1) is 23.0 Å². The fraction of sp³-hybridized carbons (Fsp3) is 0.444. The van der Waals surface area contributed by atoms with Crippen LogP contribution in [0.1, 0.15) is 45.7 Å². The monoisotopic (exact) mass is 716 g/mol. The zero-order valence-electron chi connectivity index (χ0n) is 28.9. The van der Waals surface area contributed by atoms with Gasteiger partial charge in [0.2, 0.25) is 28.6 Å². The second-order valence-corrected chi connectivity index (χ2v) is 15.8. The van der Waals surface area contributed by atoms with Gasteiger partial charge in [-0.2, -0.15) is 4.31 Å². The Morgan fingerprint density at radius 2 is 1.56 bits per heavy atom. The van der Waals surface area contributed by atoms with Gasteiger partial charge >= 0.3 is 0 Å². The predicted octanol–water partition coefficient (Wildman–Crippen LogP) is 3.75. The van der Waals surface area contributed by atoms with Gasteiger partial charge in [0.15, 0.2) is 11.5 Å². The highest BCUT2D eigenvalue weighted by atomic mass is 32.2. The lowest BCUT2D eigenvalue weighted by molar-refractivity contribution is -0.132. The van der Waals surface area contributed by atoms with Gasteiger partial charge < -0.3 is 30.5 Å². The maximum Gasteiger partial charge on any atom is 0.243 e. The van der Waals surface area contributed by atoms with E-state index in [1.807, 2.05) is 44.2 Å². The van der Waals surface area contributed by atoms with Gasteiger partial charge in [-0.3, -0.25) is 9.59 Å². The summed E-state index contributed by atoms with van der Waals surface area (Å²) in [6, 6.07) is 14.5. The minimum absolute atomic E-state index is 0.0157. The van der Waals surface area contributed by atoms with Gasteiger partial charge in [0, 0.05) is 31.8 Å². The van der Waals surface area contributed by atoms with Crippen molar-refractivity contribution >= 4 is 21.8 Å². The highest BCUT2D eigenvalue weighted by molar-refractivity contribution is 7.89. The molecule has 4 N–H and O–H groups in total. The van der Waals surface area contributed by atoms with Crippen molar-refractivity contribution in [3.63, 3.8) is 0 Å². The van der Waals surface area contributed by atoms with Crippen molar-refractivity contribution in [2.45, 2.75) is 70.7 Å². The lowest BCUT2D eigenvalue weighted by Crippen LogP contribution is -2.59. The van der Waals surface area contributed by atoms with Gasteiger partial charge in [-0.05, 0) is 53.1 Å². The molecule has 0 saturated carbocycles. The average Bonchev–Trinajstić information content (AvgIpc) is 3.50. The number of amides is 2. The lowest BCUT2D eigenvalue weighted by Gasteiger charge is -2.34. The summed E-state index contributed by atoms with van der Waals surface area (Å²) in [7, 11) is -4.12. The highest BCUT2D eigenvalue weighted by Crippen LogP contribution is 2.35. The van der Waals surface area contributed by atoms with E-state index in [9.17, 15) is 31.9 Å². The van der Waals surface area contributed by atoms with Crippen LogP contribution in [-0.4, -0.2) is 74.3 Å². The molecule has 1 unspecified atom stereocenters. The number of halogens is 2. The van der Waals surface area contributed by atoms with E-state index in [0.29, 0.717) is 17.1 Å². The molecule has 1 heterocycles. The van der Waals surface area contributed by atoms with Gasteiger partial charge in [-0.25, -0.2) is 17.2 Å². The van der Waals surface area contributed by atoms with Crippen LogP contribution in [-0.2, 0) is 32.6 Å². The molecule has 4 rings (SSSR count). The third kappa shape index (κ3) is 10.7. The number of nitrogens with one attached hydrogen (secondary N) is 3. The predicted molar refractivity (Wildman–Crippen MR) is 184 cm³/mol. The van der Waals surface area contributed by atoms with Gasteiger partial charge in [-0.15, -0.1) is 0 Å². The van der Waals surface area contributed by atoms with Crippen LogP contribution in [0.15, 0.2) is 71.6 Å². The Hall–Kier alpha value is -4.11. The zero-order valence-corrected chi connectivity index (χ0v) is 29.7. The molecule has 0 spiro atoms. The Balaban J connectivity index is 1.52. The first-order chi connectivity index (χ1) is 23.5. The number of benzene rings is 3.